The molecule has 1 aliphatic heterocycles. The van der Waals surface area contributed by atoms with Crippen LogP contribution in [0.5, 0.6) is 0 Å². The molecule has 0 radical (unpaired) electrons. The second-order valence-corrected chi connectivity index (χ2v) is 5.81. The van der Waals surface area contributed by atoms with E-state index in [4.69, 9.17) is 0 Å². The standard InChI is InChI=1S/C14H19F2N3O2/c1-17-8-3-5-19(7-8)13(21)11-6-9-10(18-11)2-4-14(15,16)12(9)20/h6,8,12,17-18,20H,2-5,7H2,1H3. The first-order valence-corrected chi connectivity index (χ1v) is 7.16. The predicted molar refractivity (Wildman–Crippen MR) is 72.4 cm³/mol. The van der Waals surface area contributed by atoms with Crippen molar-refractivity contribution in [1.29, 1.82) is 0 Å². The number of aromatic nitrogens is 1. The van der Waals surface area contributed by atoms with Crippen molar-refractivity contribution in [2.24, 2.45) is 0 Å². The largest absolute Gasteiger partial charge is 0.382 e. The average molecular weight is 299 g/mol. The van der Waals surface area contributed by atoms with Gasteiger partial charge >= 0.3 is 0 Å². The summed E-state index contributed by atoms with van der Waals surface area (Å²) in [5, 5.41) is 12.8. The Kier molecular flexibility index (Phi) is 3.49. The number of H-pyrrole nitrogens is 1. The van der Waals surface area contributed by atoms with Gasteiger partial charge in [0.05, 0.1) is 0 Å². The molecule has 1 amide bonds. The van der Waals surface area contributed by atoms with Crippen molar-refractivity contribution < 1.29 is 18.7 Å². The van der Waals surface area contributed by atoms with E-state index in [1.807, 2.05) is 7.05 Å². The quantitative estimate of drug-likeness (QED) is 0.765. The zero-order valence-corrected chi connectivity index (χ0v) is 11.8. The van der Waals surface area contributed by atoms with Gasteiger partial charge in [-0.3, -0.25) is 4.79 Å². The normalized spacial score (nSPS) is 27.7. The number of aliphatic hydroxyl groups excluding tert-OH is 1. The molecule has 0 aromatic carbocycles. The minimum Gasteiger partial charge on any atom is -0.382 e. The van der Waals surface area contributed by atoms with Gasteiger partial charge in [-0.1, -0.05) is 0 Å². The Labute approximate surface area is 121 Å². The SMILES string of the molecule is CNC1CCN(C(=O)c2cc3c([nH]2)CCC(F)(F)C3O)C1. The first kappa shape index (κ1) is 14.5. The van der Waals surface area contributed by atoms with E-state index in [9.17, 15) is 18.7 Å². The van der Waals surface area contributed by atoms with Gasteiger partial charge in [-0.05, 0) is 26.0 Å². The molecular weight excluding hydrogens is 280 g/mol. The number of aryl methyl sites for hydroxylation is 1. The Morgan fingerprint density at radius 2 is 2.33 bits per heavy atom. The highest BCUT2D eigenvalue weighted by Crippen LogP contribution is 2.41. The molecule has 1 aromatic heterocycles. The second-order valence-electron chi connectivity index (χ2n) is 5.81. The third-order valence-corrected chi connectivity index (χ3v) is 4.45. The monoisotopic (exact) mass is 299 g/mol. The van der Waals surface area contributed by atoms with Gasteiger partial charge in [0, 0.05) is 36.8 Å². The molecule has 0 spiro atoms. The minimum atomic E-state index is -3.12. The van der Waals surface area contributed by atoms with Gasteiger partial charge < -0.3 is 20.3 Å². The Morgan fingerprint density at radius 3 is 3.00 bits per heavy atom. The molecule has 1 aliphatic carbocycles. The maximum Gasteiger partial charge on any atom is 0.278 e. The molecule has 1 fully saturated rings. The second kappa shape index (κ2) is 5.06. The number of hydrogen-bond donors (Lipinski definition) is 3. The lowest BCUT2D eigenvalue weighted by atomic mass is 9.92. The molecule has 2 unspecified atom stereocenters. The van der Waals surface area contributed by atoms with Crippen LogP contribution in [0.4, 0.5) is 8.78 Å². The Morgan fingerprint density at radius 1 is 1.57 bits per heavy atom. The van der Waals surface area contributed by atoms with Crippen LogP contribution in [-0.4, -0.2) is 53.0 Å². The molecule has 1 aromatic rings. The summed E-state index contributed by atoms with van der Waals surface area (Å²) in [5.74, 6) is -3.32. The number of aliphatic hydroxyl groups is 1. The molecule has 2 atom stereocenters. The highest BCUT2D eigenvalue weighted by molar-refractivity contribution is 5.93. The van der Waals surface area contributed by atoms with Gasteiger partial charge in [0.2, 0.25) is 0 Å². The molecular formula is C14H19F2N3O2. The molecule has 0 bridgehead atoms. The number of hydrogen-bond acceptors (Lipinski definition) is 3. The molecule has 3 rings (SSSR count). The number of likely N-dealkylation sites (N-methyl/N-ethyl adjacent to an activating group) is 1. The van der Waals surface area contributed by atoms with Crippen molar-refractivity contribution in [1.82, 2.24) is 15.2 Å². The van der Waals surface area contributed by atoms with Gasteiger partial charge in [-0.15, -0.1) is 0 Å². The number of amides is 1. The van der Waals surface area contributed by atoms with Crippen LogP contribution in [0.1, 0.15) is 40.7 Å². The van der Waals surface area contributed by atoms with E-state index >= 15 is 0 Å². The lowest BCUT2D eigenvalue weighted by Crippen LogP contribution is -2.33. The maximum atomic E-state index is 13.5. The zero-order chi connectivity index (χ0) is 15.2. The van der Waals surface area contributed by atoms with Crippen LogP contribution in [0.25, 0.3) is 0 Å². The zero-order valence-electron chi connectivity index (χ0n) is 11.8. The van der Waals surface area contributed by atoms with E-state index in [-0.39, 0.29) is 29.6 Å². The van der Waals surface area contributed by atoms with Crippen LogP contribution >= 0.6 is 0 Å². The Hall–Kier alpha value is -1.47. The number of rotatable bonds is 2. The summed E-state index contributed by atoms with van der Waals surface area (Å²) in [6.45, 7) is 1.25. The summed E-state index contributed by atoms with van der Waals surface area (Å²) < 4.78 is 27.0. The number of halogens is 2. The number of carbonyl (C=O) groups excluding carboxylic acids is 1. The molecule has 5 nitrogen and oxygen atoms in total. The van der Waals surface area contributed by atoms with E-state index < -0.39 is 18.4 Å². The predicted octanol–water partition coefficient (Wildman–Crippen LogP) is 1.06. The topological polar surface area (TPSA) is 68.4 Å². The summed E-state index contributed by atoms with van der Waals surface area (Å²) in [5.41, 5.74) is 0.980. The van der Waals surface area contributed by atoms with E-state index in [1.165, 1.54) is 6.07 Å². The summed E-state index contributed by atoms with van der Waals surface area (Å²) in [4.78, 5) is 17.0. The van der Waals surface area contributed by atoms with Crippen LogP contribution < -0.4 is 5.32 Å². The summed E-state index contributed by atoms with van der Waals surface area (Å²) in [6.07, 6.45) is -1.21. The maximum absolute atomic E-state index is 13.5. The van der Waals surface area contributed by atoms with Crippen molar-refractivity contribution in [2.45, 2.75) is 37.3 Å². The van der Waals surface area contributed by atoms with Crippen LogP contribution in [0.3, 0.4) is 0 Å². The van der Waals surface area contributed by atoms with Gasteiger partial charge in [-0.25, -0.2) is 8.78 Å². The third-order valence-electron chi connectivity index (χ3n) is 4.45. The number of fused-ring (bicyclic) bond motifs is 1. The Bertz CT molecular complexity index is 558. The van der Waals surface area contributed by atoms with Crippen molar-refractivity contribution in [3.05, 3.63) is 23.0 Å². The Balaban J connectivity index is 1.81. The first-order valence-electron chi connectivity index (χ1n) is 7.16. The molecule has 3 N–H and O–H groups in total. The van der Waals surface area contributed by atoms with E-state index in [1.54, 1.807) is 4.90 Å². The van der Waals surface area contributed by atoms with Crippen LogP contribution in [0, 0.1) is 0 Å². The molecule has 2 aliphatic rings. The fourth-order valence-electron chi connectivity index (χ4n) is 3.09. The number of carbonyl (C=O) groups is 1. The number of aromatic amines is 1. The fourth-order valence-corrected chi connectivity index (χ4v) is 3.09. The smallest absolute Gasteiger partial charge is 0.278 e. The van der Waals surface area contributed by atoms with E-state index in [2.05, 4.69) is 10.3 Å². The molecule has 0 saturated carbocycles. The molecule has 2 heterocycles. The molecule has 7 heteroatoms. The van der Waals surface area contributed by atoms with Crippen LogP contribution in [0.2, 0.25) is 0 Å². The van der Waals surface area contributed by atoms with Crippen molar-refractivity contribution in [2.75, 3.05) is 20.1 Å². The summed E-state index contributed by atoms with van der Waals surface area (Å²) in [7, 11) is 1.85. The van der Waals surface area contributed by atoms with Gasteiger partial charge in [0.15, 0.2) is 0 Å². The van der Waals surface area contributed by atoms with Crippen LogP contribution in [-0.2, 0) is 6.42 Å². The first-order chi connectivity index (χ1) is 9.92. The number of likely N-dealkylation sites (tertiary alicyclic amines) is 1. The number of nitrogens with one attached hydrogen (secondary N) is 2. The number of alkyl halides is 2. The van der Waals surface area contributed by atoms with Crippen molar-refractivity contribution in [3.63, 3.8) is 0 Å². The molecule has 21 heavy (non-hydrogen) atoms. The van der Waals surface area contributed by atoms with Crippen LogP contribution in [0.15, 0.2) is 6.07 Å². The lowest BCUT2D eigenvalue weighted by Gasteiger charge is -2.27. The third kappa shape index (κ3) is 2.44. The van der Waals surface area contributed by atoms with Crippen molar-refractivity contribution >= 4 is 5.91 Å². The summed E-state index contributed by atoms with van der Waals surface area (Å²) >= 11 is 0. The van der Waals surface area contributed by atoms with Crippen molar-refractivity contribution in [3.8, 4) is 0 Å². The minimum absolute atomic E-state index is 0.145. The number of nitrogens with zero attached hydrogens (tertiary/aromatic N) is 1. The van der Waals surface area contributed by atoms with Gasteiger partial charge in [0.1, 0.15) is 11.8 Å². The molecule has 1 saturated heterocycles. The van der Waals surface area contributed by atoms with E-state index in [0.29, 0.717) is 18.8 Å². The highest BCUT2D eigenvalue weighted by atomic mass is 19.3. The van der Waals surface area contributed by atoms with Gasteiger partial charge in [-0.2, -0.15) is 0 Å². The molecule has 116 valence electrons. The van der Waals surface area contributed by atoms with Gasteiger partial charge in [0.25, 0.3) is 11.8 Å². The fraction of sp³-hybridized carbons (Fsp3) is 0.643. The van der Waals surface area contributed by atoms with E-state index in [0.717, 1.165) is 6.42 Å². The lowest BCUT2D eigenvalue weighted by molar-refractivity contribution is -0.121. The summed E-state index contributed by atoms with van der Waals surface area (Å²) in [6, 6.07) is 1.65. The average Bonchev–Trinajstić information content (AvgIpc) is 3.09. The highest BCUT2D eigenvalue weighted by Gasteiger charge is 2.44.